The van der Waals surface area contributed by atoms with Gasteiger partial charge in [0.25, 0.3) is 0 Å². The van der Waals surface area contributed by atoms with Gasteiger partial charge in [-0.15, -0.1) is 0 Å². The van der Waals surface area contributed by atoms with Crippen LogP contribution >= 0.6 is 0 Å². The maximum atomic E-state index is 5.55. The minimum atomic E-state index is 0.422. The van der Waals surface area contributed by atoms with Crippen molar-refractivity contribution in [3.05, 3.63) is 24.3 Å². The number of nitrogens with one attached hydrogen (secondary N) is 2. The van der Waals surface area contributed by atoms with Gasteiger partial charge in [0.2, 0.25) is 0 Å². The first-order chi connectivity index (χ1) is 11.7. The second kappa shape index (κ2) is 7.72. The van der Waals surface area contributed by atoms with Gasteiger partial charge in [0.15, 0.2) is 5.54 Å². The van der Waals surface area contributed by atoms with Gasteiger partial charge in [0, 0.05) is 0 Å². The van der Waals surface area contributed by atoms with E-state index >= 15 is 0 Å². The van der Waals surface area contributed by atoms with Crippen LogP contribution in [0.15, 0.2) is 24.3 Å². The lowest BCUT2D eigenvalue weighted by molar-refractivity contribution is -0.985. The molecule has 2 saturated heterocycles. The zero-order valence-electron chi connectivity index (χ0n) is 15.4. The smallest absolute Gasteiger partial charge is 0.158 e. The van der Waals surface area contributed by atoms with Gasteiger partial charge in [-0.1, -0.05) is 12.1 Å². The molecule has 0 aliphatic carbocycles. The Bertz CT molecular complexity index is 520. The first-order valence-electron chi connectivity index (χ1n) is 9.58. The fraction of sp³-hybridized carbons (Fsp3) is 0.684. The van der Waals surface area contributed by atoms with E-state index in [0.29, 0.717) is 5.54 Å². The molecule has 5 N–H and O–H groups in total. The van der Waals surface area contributed by atoms with Crippen LogP contribution < -0.4 is 25.2 Å². The number of para-hydroxylation sites is 2. The van der Waals surface area contributed by atoms with E-state index in [1.807, 2.05) is 6.07 Å². The highest BCUT2D eigenvalue weighted by Gasteiger charge is 2.46. The Balaban J connectivity index is 1.64. The van der Waals surface area contributed by atoms with E-state index in [0.717, 1.165) is 25.4 Å². The molecular weight excluding hydrogens is 300 g/mol. The highest BCUT2D eigenvalue weighted by Crippen LogP contribution is 2.27. The molecule has 0 radical (unpaired) electrons. The van der Waals surface area contributed by atoms with Crippen LogP contribution in [0.3, 0.4) is 0 Å². The van der Waals surface area contributed by atoms with Crippen molar-refractivity contribution in [2.45, 2.75) is 25.3 Å². The summed E-state index contributed by atoms with van der Waals surface area (Å²) in [6.45, 7) is 12.0. The Kier molecular flexibility index (Phi) is 5.64. The maximum Gasteiger partial charge on any atom is 0.158 e. The van der Waals surface area contributed by atoms with Crippen LogP contribution in [0.4, 0.5) is 5.69 Å². The Morgan fingerprint density at radius 3 is 2.38 bits per heavy atom. The Labute approximate surface area is 146 Å². The number of hydrogen-bond acceptors (Lipinski definition) is 2. The summed E-state index contributed by atoms with van der Waals surface area (Å²) < 4.78 is 5.55. The number of quaternary nitrogens is 3. The topological polar surface area (TPSA) is 49.0 Å². The van der Waals surface area contributed by atoms with E-state index < -0.39 is 0 Å². The predicted molar refractivity (Wildman–Crippen MR) is 96.9 cm³/mol. The van der Waals surface area contributed by atoms with Crippen LogP contribution in [0.1, 0.15) is 19.8 Å². The van der Waals surface area contributed by atoms with E-state index in [9.17, 15) is 0 Å². The van der Waals surface area contributed by atoms with Crippen molar-refractivity contribution in [3.8, 4) is 5.75 Å². The van der Waals surface area contributed by atoms with Gasteiger partial charge in [-0.25, -0.2) is 0 Å². The van der Waals surface area contributed by atoms with Crippen LogP contribution in [0.5, 0.6) is 5.75 Å². The third-order valence-electron chi connectivity index (χ3n) is 6.44. The van der Waals surface area contributed by atoms with Gasteiger partial charge in [-0.3, -0.25) is 0 Å². The molecule has 1 aromatic carbocycles. The van der Waals surface area contributed by atoms with E-state index in [1.165, 1.54) is 51.3 Å². The summed E-state index contributed by atoms with van der Waals surface area (Å²) in [5.41, 5.74) is 6.01. The van der Waals surface area contributed by atoms with E-state index in [2.05, 4.69) is 35.8 Å². The second-order valence-electron chi connectivity index (χ2n) is 7.40. The minimum Gasteiger partial charge on any atom is -0.495 e. The van der Waals surface area contributed by atoms with Gasteiger partial charge >= 0.3 is 0 Å². The number of rotatable bonds is 5. The Hall–Kier alpha value is -1.30. The third kappa shape index (κ3) is 3.39. The molecule has 1 aromatic rings. The molecular formula is C19H35N4O+3. The van der Waals surface area contributed by atoms with E-state index in [1.54, 1.807) is 16.9 Å². The summed E-state index contributed by atoms with van der Waals surface area (Å²) in [5, 5.41) is 0. The first kappa shape index (κ1) is 17.5. The second-order valence-corrected chi connectivity index (χ2v) is 7.40. The molecule has 5 nitrogen and oxygen atoms in total. The number of piperidine rings is 1. The SMILES string of the molecule is CC[NH+]1CCC(C[NH3+])([NH+]2CCN(c3ccccc3OC)CC2)CC1. The molecule has 0 unspecified atom stereocenters. The van der Waals surface area contributed by atoms with Crippen molar-refractivity contribution < 1.29 is 20.3 Å². The van der Waals surface area contributed by atoms with Gasteiger partial charge < -0.3 is 25.2 Å². The van der Waals surface area contributed by atoms with Crippen LogP contribution in [0, 0.1) is 0 Å². The first-order valence-corrected chi connectivity index (χ1v) is 9.58. The van der Waals surface area contributed by atoms with Gasteiger partial charge in [0.1, 0.15) is 12.3 Å². The Morgan fingerprint density at radius 2 is 1.79 bits per heavy atom. The van der Waals surface area contributed by atoms with Crippen LogP contribution in [-0.2, 0) is 0 Å². The summed E-state index contributed by atoms with van der Waals surface area (Å²) in [4.78, 5) is 6.05. The molecule has 0 spiro atoms. The molecule has 0 saturated carbocycles. The Morgan fingerprint density at radius 1 is 1.12 bits per heavy atom. The standard InChI is InChI=1S/C19H32N4O/c1-3-21-10-8-19(16-20,9-11-21)23-14-12-22(13-15-23)17-6-4-5-7-18(17)24-2/h4-7H,3,8-16,20H2,1-2H3/p+3. The fourth-order valence-corrected chi connectivity index (χ4v) is 4.65. The van der Waals surface area contributed by atoms with Gasteiger partial charge in [-0.05, 0) is 19.1 Å². The number of hydrogen-bond donors (Lipinski definition) is 3. The summed E-state index contributed by atoms with van der Waals surface area (Å²) in [7, 11) is 1.77. The van der Waals surface area contributed by atoms with Crippen molar-refractivity contribution in [1.82, 2.24) is 0 Å². The molecule has 0 bridgehead atoms. The third-order valence-corrected chi connectivity index (χ3v) is 6.44. The highest BCUT2D eigenvalue weighted by atomic mass is 16.5. The lowest BCUT2D eigenvalue weighted by Crippen LogP contribution is -3.27. The van der Waals surface area contributed by atoms with Crippen LogP contribution in [0.2, 0.25) is 0 Å². The number of likely N-dealkylation sites (tertiary alicyclic amines) is 1. The van der Waals surface area contributed by atoms with Crippen LogP contribution in [0.25, 0.3) is 0 Å². The summed E-state index contributed by atoms with van der Waals surface area (Å²) in [5.74, 6) is 0.993. The van der Waals surface area contributed by atoms with E-state index in [-0.39, 0.29) is 0 Å². The number of ether oxygens (including phenoxy) is 1. The van der Waals surface area contributed by atoms with Crippen molar-refractivity contribution >= 4 is 5.69 Å². The molecule has 2 fully saturated rings. The zero-order chi connectivity index (χ0) is 17.0. The molecule has 134 valence electrons. The lowest BCUT2D eigenvalue weighted by Gasteiger charge is -2.46. The summed E-state index contributed by atoms with van der Waals surface area (Å²) >= 11 is 0. The molecule has 3 rings (SSSR count). The number of piperazine rings is 1. The highest BCUT2D eigenvalue weighted by molar-refractivity contribution is 5.58. The molecule has 0 amide bonds. The van der Waals surface area contributed by atoms with Crippen molar-refractivity contribution in [1.29, 1.82) is 0 Å². The minimum absolute atomic E-state index is 0.422. The predicted octanol–water partition coefficient (Wildman–Crippen LogP) is -1.92. The van der Waals surface area contributed by atoms with Crippen molar-refractivity contribution in [3.63, 3.8) is 0 Å². The molecule has 0 atom stereocenters. The average molecular weight is 336 g/mol. The van der Waals surface area contributed by atoms with Crippen molar-refractivity contribution in [2.75, 3.05) is 64.4 Å². The molecule has 2 heterocycles. The summed E-state index contributed by atoms with van der Waals surface area (Å²) in [6.07, 6.45) is 2.67. The van der Waals surface area contributed by atoms with Gasteiger partial charge in [-0.2, -0.15) is 0 Å². The summed E-state index contributed by atoms with van der Waals surface area (Å²) in [6, 6.07) is 8.41. The largest absolute Gasteiger partial charge is 0.495 e. The number of methoxy groups -OCH3 is 1. The quantitative estimate of drug-likeness (QED) is 0.588. The number of benzene rings is 1. The van der Waals surface area contributed by atoms with E-state index in [4.69, 9.17) is 4.74 Å². The molecule has 5 heteroatoms. The molecule has 24 heavy (non-hydrogen) atoms. The lowest BCUT2D eigenvalue weighted by atomic mass is 9.85. The normalized spacial score (nSPS) is 28.8. The van der Waals surface area contributed by atoms with Crippen molar-refractivity contribution in [2.24, 2.45) is 0 Å². The maximum absolute atomic E-state index is 5.55. The number of nitrogens with zero attached hydrogens (tertiary/aromatic N) is 1. The molecule has 0 aromatic heterocycles. The fourth-order valence-electron chi connectivity index (χ4n) is 4.65. The molecule has 2 aliphatic heterocycles. The average Bonchev–Trinajstić information content (AvgIpc) is 2.68. The van der Waals surface area contributed by atoms with Gasteiger partial charge in [0.05, 0.1) is 71.5 Å². The zero-order valence-corrected chi connectivity index (χ0v) is 15.4. The number of anilines is 1. The molecule has 2 aliphatic rings. The monoisotopic (exact) mass is 335 g/mol. The van der Waals surface area contributed by atoms with Crippen LogP contribution in [-0.4, -0.2) is 65.0 Å².